The Hall–Kier alpha value is -3.74. The summed E-state index contributed by atoms with van der Waals surface area (Å²) in [6, 6.07) is 7.34. The normalized spacial score (nSPS) is 18.6. The number of hydrogen-bond donors (Lipinski definition) is 0. The fourth-order valence-electron chi connectivity index (χ4n) is 3.55. The van der Waals surface area contributed by atoms with Gasteiger partial charge >= 0.3 is 6.03 Å². The highest BCUT2D eigenvalue weighted by Gasteiger charge is 2.34. The van der Waals surface area contributed by atoms with Gasteiger partial charge in [0.05, 0.1) is 6.54 Å². The van der Waals surface area contributed by atoms with Crippen LogP contribution in [0.15, 0.2) is 36.7 Å². The number of anilines is 1. The van der Waals surface area contributed by atoms with Gasteiger partial charge in [-0.3, -0.25) is 9.69 Å². The van der Waals surface area contributed by atoms with Crippen LogP contribution >= 0.6 is 0 Å². The maximum absolute atomic E-state index is 13.1. The average Bonchev–Trinajstić information content (AvgIpc) is 3.36. The molecule has 0 N–H and O–H groups in total. The Morgan fingerprint density at radius 2 is 1.97 bits per heavy atom. The first-order chi connectivity index (χ1) is 14.5. The van der Waals surface area contributed by atoms with Crippen LogP contribution in [0.2, 0.25) is 0 Å². The van der Waals surface area contributed by atoms with Crippen LogP contribution in [0, 0.1) is 17.1 Å². The highest BCUT2D eigenvalue weighted by atomic mass is 19.1. The molecular formula is C20H19FN6O3. The van der Waals surface area contributed by atoms with Crippen molar-refractivity contribution < 1.29 is 18.7 Å². The SMILES string of the molecule is N#Cc1nccnc1OC1CCN(C(=O)CN2CCN(c3ccc(F)cc3)C2=O)C1. The first-order valence-electron chi connectivity index (χ1n) is 9.52. The molecule has 10 heteroatoms. The summed E-state index contributed by atoms with van der Waals surface area (Å²) in [5, 5.41) is 9.08. The number of hydrogen-bond acceptors (Lipinski definition) is 6. The number of ether oxygens (including phenoxy) is 1. The minimum absolute atomic E-state index is 0.0299. The standard InChI is InChI=1S/C20H19FN6O3/c21-14-1-3-15(4-2-14)27-10-9-26(20(27)29)13-18(28)25-8-5-16(12-25)30-19-17(11-22)23-6-7-24-19/h1-4,6-7,16H,5,8-10,12-13H2. The molecular weight excluding hydrogens is 391 g/mol. The fraction of sp³-hybridized carbons (Fsp3) is 0.350. The molecule has 1 unspecified atom stereocenters. The molecule has 3 amide bonds. The fourth-order valence-corrected chi connectivity index (χ4v) is 3.55. The van der Waals surface area contributed by atoms with Crippen molar-refractivity contribution in [3.05, 3.63) is 48.2 Å². The zero-order valence-corrected chi connectivity index (χ0v) is 16.1. The van der Waals surface area contributed by atoms with E-state index >= 15 is 0 Å². The molecule has 30 heavy (non-hydrogen) atoms. The monoisotopic (exact) mass is 410 g/mol. The molecule has 1 aromatic carbocycles. The predicted molar refractivity (Wildman–Crippen MR) is 103 cm³/mol. The topological polar surface area (TPSA) is 103 Å². The van der Waals surface area contributed by atoms with Crippen molar-refractivity contribution in [1.29, 1.82) is 5.26 Å². The minimum Gasteiger partial charge on any atom is -0.470 e. The van der Waals surface area contributed by atoms with Gasteiger partial charge in [-0.1, -0.05) is 0 Å². The predicted octanol–water partition coefficient (Wildman–Crippen LogP) is 1.41. The molecule has 154 valence electrons. The Labute approximate surface area is 172 Å². The van der Waals surface area contributed by atoms with Gasteiger partial charge in [-0.2, -0.15) is 5.26 Å². The number of carbonyl (C=O) groups excluding carboxylic acids is 2. The number of amides is 3. The van der Waals surface area contributed by atoms with Gasteiger partial charge in [0.2, 0.25) is 11.6 Å². The third-order valence-corrected chi connectivity index (χ3v) is 5.11. The summed E-state index contributed by atoms with van der Waals surface area (Å²) in [6.45, 7) is 1.67. The molecule has 0 spiro atoms. The van der Waals surface area contributed by atoms with Gasteiger partial charge in [0, 0.05) is 44.1 Å². The molecule has 9 nitrogen and oxygen atoms in total. The van der Waals surface area contributed by atoms with Crippen molar-refractivity contribution in [3.63, 3.8) is 0 Å². The van der Waals surface area contributed by atoms with Gasteiger partial charge in [0.25, 0.3) is 5.88 Å². The zero-order chi connectivity index (χ0) is 21.1. The largest absolute Gasteiger partial charge is 0.470 e. The number of likely N-dealkylation sites (tertiary alicyclic amines) is 1. The Kier molecular flexibility index (Phi) is 5.43. The van der Waals surface area contributed by atoms with Crippen LogP contribution in [-0.2, 0) is 4.79 Å². The van der Waals surface area contributed by atoms with E-state index in [0.717, 1.165) is 0 Å². The smallest absolute Gasteiger partial charge is 0.325 e. The molecule has 2 saturated heterocycles. The van der Waals surface area contributed by atoms with Crippen molar-refractivity contribution in [3.8, 4) is 11.9 Å². The van der Waals surface area contributed by atoms with E-state index in [-0.39, 0.29) is 42.0 Å². The van der Waals surface area contributed by atoms with Crippen LogP contribution in [0.3, 0.4) is 0 Å². The second-order valence-electron chi connectivity index (χ2n) is 7.02. The van der Waals surface area contributed by atoms with Crippen LogP contribution in [0.1, 0.15) is 12.1 Å². The van der Waals surface area contributed by atoms with E-state index in [4.69, 9.17) is 10.00 Å². The number of benzene rings is 1. The lowest BCUT2D eigenvalue weighted by Gasteiger charge is -2.22. The van der Waals surface area contributed by atoms with Crippen LogP contribution in [-0.4, -0.2) is 70.5 Å². The molecule has 2 fully saturated rings. The van der Waals surface area contributed by atoms with Gasteiger partial charge in [-0.25, -0.2) is 19.2 Å². The van der Waals surface area contributed by atoms with E-state index in [1.54, 1.807) is 17.0 Å². The Bertz CT molecular complexity index is 993. The molecule has 2 aliphatic rings. The Morgan fingerprint density at radius 3 is 2.73 bits per heavy atom. The number of aromatic nitrogens is 2. The summed E-state index contributed by atoms with van der Waals surface area (Å²) in [4.78, 5) is 37.9. The number of carbonyl (C=O) groups is 2. The molecule has 1 aromatic heterocycles. The van der Waals surface area contributed by atoms with Gasteiger partial charge in [-0.15, -0.1) is 0 Å². The average molecular weight is 410 g/mol. The highest BCUT2D eigenvalue weighted by Crippen LogP contribution is 2.22. The molecule has 0 aliphatic carbocycles. The highest BCUT2D eigenvalue weighted by molar-refractivity contribution is 5.96. The molecule has 4 rings (SSSR count). The summed E-state index contributed by atoms with van der Waals surface area (Å²) < 4.78 is 18.9. The number of nitrogens with zero attached hydrogens (tertiary/aromatic N) is 6. The number of rotatable bonds is 5. The quantitative estimate of drug-likeness (QED) is 0.739. The lowest BCUT2D eigenvalue weighted by molar-refractivity contribution is -0.130. The van der Waals surface area contributed by atoms with E-state index < -0.39 is 0 Å². The van der Waals surface area contributed by atoms with Crippen LogP contribution < -0.4 is 9.64 Å². The molecule has 0 saturated carbocycles. The number of nitriles is 1. The number of halogens is 1. The van der Waals surface area contributed by atoms with Crippen molar-refractivity contribution in [2.45, 2.75) is 12.5 Å². The molecule has 2 aromatic rings. The van der Waals surface area contributed by atoms with Crippen molar-refractivity contribution in [2.24, 2.45) is 0 Å². The van der Waals surface area contributed by atoms with E-state index in [1.165, 1.54) is 34.3 Å². The zero-order valence-electron chi connectivity index (χ0n) is 16.1. The summed E-state index contributed by atoms with van der Waals surface area (Å²) in [6.07, 6.45) is 3.17. The van der Waals surface area contributed by atoms with E-state index in [9.17, 15) is 14.0 Å². The van der Waals surface area contributed by atoms with Gasteiger partial charge < -0.3 is 14.5 Å². The van der Waals surface area contributed by atoms with Crippen LogP contribution in [0.4, 0.5) is 14.9 Å². The number of urea groups is 1. The summed E-state index contributed by atoms with van der Waals surface area (Å²) in [7, 11) is 0. The molecule has 0 bridgehead atoms. The van der Waals surface area contributed by atoms with Crippen molar-refractivity contribution in [1.82, 2.24) is 19.8 Å². The van der Waals surface area contributed by atoms with Crippen LogP contribution in [0.25, 0.3) is 0 Å². The van der Waals surface area contributed by atoms with E-state index in [0.29, 0.717) is 38.3 Å². The van der Waals surface area contributed by atoms with E-state index in [2.05, 4.69) is 9.97 Å². The van der Waals surface area contributed by atoms with E-state index in [1.807, 2.05) is 6.07 Å². The first kappa shape index (κ1) is 19.6. The molecule has 1 atom stereocenters. The maximum atomic E-state index is 13.1. The molecule has 0 radical (unpaired) electrons. The lowest BCUT2D eigenvalue weighted by Crippen LogP contribution is -2.42. The summed E-state index contributed by atoms with van der Waals surface area (Å²) >= 11 is 0. The molecule has 3 heterocycles. The molecule has 2 aliphatic heterocycles. The maximum Gasteiger partial charge on any atom is 0.325 e. The summed E-state index contributed by atoms with van der Waals surface area (Å²) in [5.74, 6) is -0.384. The Morgan fingerprint density at radius 1 is 1.20 bits per heavy atom. The Balaban J connectivity index is 1.32. The second-order valence-corrected chi connectivity index (χ2v) is 7.02. The van der Waals surface area contributed by atoms with Gasteiger partial charge in [0.1, 0.15) is 24.5 Å². The van der Waals surface area contributed by atoms with Gasteiger partial charge in [-0.05, 0) is 24.3 Å². The second kappa shape index (κ2) is 8.32. The van der Waals surface area contributed by atoms with Gasteiger partial charge in [0.15, 0.2) is 0 Å². The van der Waals surface area contributed by atoms with Crippen molar-refractivity contribution in [2.75, 3.05) is 37.6 Å². The minimum atomic E-state index is -0.369. The third-order valence-electron chi connectivity index (χ3n) is 5.11. The lowest BCUT2D eigenvalue weighted by atomic mass is 10.3. The van der Waals surface area contributed by atoms with Crippen molar-refractivity contribution >= 4 is 17.6 Å². The summed E-state index contributed by atoms with van der Waals surface area (Å²) in [5.41, 5.74) is 0.703. The van der Waals surface area contributed by atoms with Crippen LogP contribution in [0.5, 0.6) is 5.88 Å². The third kappa shape index (κ3) is 4.00. The first-order valence-corrected chi connectivity index (χ1v) is 9.52.